The predicted molar refractivity (Wildman–Crippen MR) is 51.0 cm³/mol. The van der Waals surface area contributed by atoms with Crippen molar-refractivity contribution in [3.05, 3.63) is 43.6 Å². The second kappa shape index (κ2) is 3.02. The van der Waals surface area contributed by atoms with Crippen LogP contribution in [-0.4, -0.2) is 10.2 Å². The fraction of sp³-hybridized carbons (Fsp3) is 0. The molecule has 0 saturated carbocycles. The number of rotatable bonds is 1. The molecule has 66 valence electrons. The lowest BCUT2D eigenvalue weighted by Gasteiger charge is -1.93. The molecule has 0 radical (unpaired) electrons. The molecule has 5 heteroatoms. The van der Waals surface area contributed by atoms with Crippen molar-refractivity contribution in [3.63, 3.8) is 0 Å². The highest BCUT2D eigenvalue weighted by molar-refractivity contribution is 7.08. The molecule has 0 aliphatic carbocycles. The highest BCUT2D eigenvalue weighted by atomic mass is 32.1. The van der Waals surface area contributed by atoms with E-state index < -0.39 is 0 Å². The molecule has 0 aromatic carbocycles. The number of H-pyrrole nitrogens is 2. The van der Waals surface area contributed by atoms with E-state index in [9.17, 15) is 9.59 Å². The number of hydrogen-bond acceptors (Lipinski definition) is 3. The molecule has 2 N–H and O–H groups in total. The Kier molecular flexibility index (Phi) is 1.86. The first kappa shape index (κ1) is 8.00. The molecule has 0 fully saturated rings. The summed E-state index contributed by atoms with van der Waals surface area (Å²) in [6, 6.07) is 3.09. The molecule has 0 amide bonds. The number of hydrogen-bond donors (Lipinski definition) is 2. The van der Waals surface area contributed by atoms with Crippen LogP contribution in [0.1, 0.15) is 0 Å². The molecule has 2 heterocycles. The molecule has 2 rings (SSSR count). The zero-order valence-corrected chi connectivity index (χ0v) is 7.35. The second-order valence-electron chi connectivity index (χ2n) is 2.51. The van der Waals surface area contributed by atoms with Crippen LogP contribution in [0, 0.1) is 0 Å². The SMILES string of the molecule is O=c1cc(-c2ccsc2)c(=O)[nH][nH]1. The fourth-order valence-corrected chi connectivity index (χ4v) is 1.71. The Hall–Kier alpha value is -1.62. The largest absolute Gasteiger partial charge is 0.270 e. The lowest BCUT2D eigenvalue weighted by molar-refractivity contribution is 0.955. The molecule has 0 bridgehead atoms. The van der Waals surface area contributed by atoms with Gasteiger partial charge in [0.25, 0.3) is 11.1 Å². The first-order valence-electron chi connectivity index (χ1n) is 3.62. The van der Waals surface area contributed by atoms with Gasteiger partial charge in [0, 0.05) is 6.07 Å². The van der Waals surface area contributed by atoms with Crippen molar-refractivity contribution >= 4 is 11.3 Å². The van der Waals surface area contributed by atoms with Crippen LogP contribution in [0.4, 0.5) is 0 Å². The van der Waals surface area contributed by atoms with Crippen molar-refractivity contribution in [2.75, 3.05) is 0 Å². The summed E-state index contributed by atoms with van der Waals surface area (Å²) in [4.78, 5) is 22.2. The van der Waals surface area contributed by atoms with Gasteiger partial charge in [0.05, 0.1) is 5.56 Å². The molecule has 0 aliphatic rings. The van der Waals surface area contributed by atoms with Crippen molar-refractivity contribution in [3.8, 4) is 11.1 Å². The van der Waals surface area contributed by atoms with E-state index in [4.69, 9.17) is 0 Å². The van der Waals surface area contributed by atoms with Gasteiger partial charge in [-0.3, -0.25) is 19.8 Å². The van der Waals surface area contributed by atoms with E-state index in [0.717, 1.165) is 5.56 Å². The Labute approximate surface area is 76.9 Å². The lowest BCUT2D eigenvalue weighted by Crippen LogP contribution is -2.18. The lowest BCUT2D eigenvalue weighted by atomic mass is 10.2. The standard InChI is InChI=1S/C8H6N2O2S/c11-7-3-6(8(12)10-9-7)5-1-2-13-4-5/h1-4H,(H,9,11)(H,10,12). The van der Waals surface area contributed by atoms with Crippen LogP contribution in [0.15, 0.2) is 32.5 Å². The Morgan fingerprint density at radius 3 is 2.77 bits per heavy atom. The monoisotopic (exact) mass is 194 g/mol. The van der Waals surface area contributed by atoms with Gasteiger partial charge in [-0.05, 0) is 22.4 Å². The molecule has 0 unspecified atom stereocenters. The molecular formula is C8H6N2O2S. The van der Waals surface area contributed by atoms with Gasteiger partial charge in [0.1, 0.15) is 0 Å². The second-order valence-corrected chi connectivity index (χ2v) is 3.29. The summed E-state index contributed by atoms with van der Waals surface area (Å²) < 4.78 is 0. The van der Waals surface area contributed by atoms with Crippen LogP contribution in [0.25, 0.3) is 11.1 Å². The van der Waals surface area contributed by atoms with E-state index in [-0.39, 0.29) is 11.1 Å². The van der Waals surface area contributed by atoms with Crippen molar-refractivity contribution in [2.24, 2.45) is 0 Å². The Morgan fingerprint density at radius 1 is 1.23 bits per heavy atom. The molecule has 0 atom stereocenters. The minimum atomic E-state index is -0.305. The van der Waals surface area contributed by atoms with Crippen molar-refractivity contribution in [1.82, 2.24) is 10.2 Å². The highest BCUT2D eigenvalue weighted by Gasteiger charge is 2.03. The van der Waals surface area contributed by atoms with E-state index in [0.29, 0.717) is 5.56 Å². The number of aromatic nitrogens is 2. The molecule has 0 aliphatic heterocycles. The van der Waals surface area contributed by atoms with Gasteiger partial charge in [0.15, 0.2) is 0 Å². The predicted octanol–water partition coefficient (Wildman–Crippen LogP) is 0.792. The summed E-state index contributed by atoms with van der Waals surface area (Å²) in [7, 11) is 0. The molecule has 0 spiro atoms. The first-order chi connectivity index (χ1) is 6.27. The van der Waals surface area contributed by atoms with Gasteiger partial charge in [-0.2, -0.15) is 11.3 Å². The Morgan fingerprint density at radius 2 is 2.08 bits per heavy atom. The quantitative estimate of drug-likeness (QED) is 0.704. The van der Waals surface area contributed by atoms with Gasteiger partial charge < -0.3 is 0 Å². The van der Waals surface area contributed by atoms with Crippen LogP contribution >= 0.6 is 11.3 Å². The van der Waals surface area contributed by atoms with Crippen LogP contribution in [0.2, 0.25) is 0 Å². The summed E-state index contributed by atoms with van der Waals surface area (Å²) >= 11 is 1.48. The van der Waals surface area contributed by atoms with E-state index >= 15 is 0 Å². The molecule has 2 aromatic heterocycles. The van der Waals surface area contributed by atoms with Gasteiger partial charge in [-0.15, -0.1) is 0 Å². The molecule has 2 aromatic rings. The Bertz CT molecular complexity index is 509. The number of thiophene rings is 1. The van der Waals surface area contributed by atoms with Crippen molar-refractivity contribution < 1.29 is 0 Å². The number of aromatic amines is 2. The van der Waals surface area contributed by atoms with Crippen LogP contribution in [0.5, 0.6) is 0 Å². The van der Waals surface area contributed by atoms with Gasteiger partial charge in [-0.25, -0.2) is 0 Å². The van der Waals surface area contributed by atoms with Crippen LogP contribution in [0.3, 0.4) is 0 Å². The average molecular weight is 194 g/mol. The summed E-state index contributed by atoms with van der Waals surface area (Å²) in [5.41, 5.74) is 0.598. The van der Waals surface area contributed by atoms with Crippen LogP contribution in [-0.2, 0) is 0 Å². The number of nitrogens with one attached hydrogen (secondary N) is 2. The van der Waals surface area contributed by atoms with Gasteiger partial charge in [-0.1, -0.05) is 0 Å². The third kappa shape index (κ3) is 1.46. The summed E-state index contributed by atoms with van der Waals surface area (Å²) in [6.45, 7) is 0. The highest BCUT2D eigenvalue weighted by Crippen LogP contribution is 2.16. The van der Waals surface area contributed by atoms with Crippen molar-refractivity contribution in [1.29, 1.82) is 0 Å². The van der Waals surface area contributed by atoms with E-state index in [2.05, 4.69) is 10.2 Å². The molecule has 13 heavy (non-hydrogen) atoms. The van der Waals surface area contributed by atoms with E-state index in [1.165, 1.54) is 17.4 Å². The minimum absolute atomic E-state index is 0.280. The van der Waals surface area contributed by atoms with Crippen LogP contribution < -0.4 is 11.1 Å². The zero-order valence-electron chi connectivity index (χ0n) is 6.53. The maximum absolute atomic E-state index is 11.2. The van der Waals surface area contributed by atoms with E-state index in [1.54, 1.807) is 6.07 Å². The van der Waals surface area contributed by atoms with Gasteiger partial charge in [0.2, 0.25) is 0 Å². The summed E-state index contributed by atoms with van der Waals surface area (Å²) in [5.74, 6) is 0. The van der Waals surface area contributed by atoms with E-state index in [1.807, 2.05) is 10.8 Å². The summed E-state index contributed by atoms with van der Waals surface area (Å²) in [5, 5.41) is 8.16. The third-order valence-electron chi connectivity index (χ3n) is 1.65. The van der Waals surface area contributed by atoms with Crippen molar-refractivity contribution in [2.45, 2.75) is 0 Å². The first-order valence-corrected chi connectivity index (χ1v) is 4.56. The topological polar surface area (TPSA) is 65.7 Å². The zero-order chi connectivity index (χ0) is 9.26. The smallest absolute Gasteiger partial charge is 0.268 e. The average Bonchev–Trinajstić information content (AvgIpc) is 2.61. The third-order valence-corrected chi connectivity index (χ3v) is 2.33. The van der Waals surface area contributed by atoms with Gasteiger partial charge >= 0.3 is 0 Å². The normalized spacial score (nSPS) is 10.2. The molecule has 4 nitrogen and oxygen atoms in total. The molecule has 0 saturated heterocycles. The molecular weight excluding hydrogens is 188 g/mol. The maximum atomic E-state index is 11.2. The minimum Gasteiger partial charge on any atom is -0.268 e. The Balaban J connectivity index is 2.71. The maximum Gasteiger partial charge on any atom is 0.270 e. The summed E-state index contributed by atoms with van der Waals surface area (Å²) in [6.07, 6.45) is 0. The fourth-order valence-electron chi connectivity index (χ4n) is 1.05.